The minimum Gasteiger partial charge on any atom is -0.465 e. The normalized spacial score (nSPS) is 10.9. The Morgan fingerprint density at radius 1 is 1.03 bits per heavy atom. The van der Waals surface area contributed by atoms with Crippen molar-refractivity contribution >= 4 is 23.6 Å². The Bertz CT molecular complexity index is 1200. The van der Waals surface area contributed by atoms with E-state index in [0.29, 0.717) is 5.56 Å². The van der Waals surface area contributed by atoms with E-state index in [1.165, 1.54) is 49.6 Å². The van der Waals surface area contributed by atoms with Crippen LogP contribution in [0.4, 0.5) is 29.5 Å². The number of methoxy groups -OCH3 is 1. The lowest BCUT2D eigenvalue weighted by atomic mass is 10.1. The Kier molecular flexibility index (Phi) is 7.09. The maximum Gasteiger partial charge on any atom is 0.433 e. The zero-order valence-electron chi connectivity index (χ0n) is 17.5. The number of non-ortho nitro benzene ring substituents is 1. The highest BCUT2D eigenvalue weighted by Gasteiger charge is 2.33. The minimum atomic E-state index is -4.74. The van der Waals surface area contributed by atoms with E-state index in [1.54, 1.807) is 0 Å². The Balaban J connectivity index is 1.92. The van der Waals surface area contributed by atoms with Crippen molar-refractivity contribution in [2.45, 2.75) is 12.7 Å². The molecule has 3 aromatic rings. The topological polar surface area (TPSA) is 112 Å². The van der Waals surface area contributed by atoms with Gasteiger partial charge in [-0.25, -0.2) is 14.6 Å². The number of amides is 1. The fraction of sp³-hybridized carbons (Fsp3) is 0.136. The molecule has 2 aromatic carbocycles. The van der Waals surface area contributed by atoms with Crippen molar-refractivity contribution < 1.29 is 37.2 Å². The third-order valence-electron chi connectivity index (χ3n) is 4.49. The predicted molar refractivity (Wildman–Crippen MR) is 112 cm³/mol. The molecule has 1 heterocycles. The highest BCUT2D eigenvalue weighted by molar-refractivity contribution is 5.90. The number of hydrogen-bond donors (Lipinski definition) is 0. The molecule has 0 aliphatic heterocycles. The summed E-state index contributed by atoms with van der Waals surface area (Å²) < 4.78 is 49.3. The van der Waals surface area contributed by atoms with Gasteiger partial charge in [0.25, 0.3) is 5.69 Å². The van der Waals surface area contributed by atoms with E-state index >= 15 is 0 Å². The number of pyridine rings is 1. The zero-order valence-corrected chi connectivity index (χ0v) is 17.5. The van der Waals surface area contributed by atoms with E-state index in [-0.39, 0.29) is 29.4 Å². The molecule has 0 atom stereocenters. The first-order chi connectivity index (χ1) is 16.1. The van der Waals surface area contributed by atoms with Gasteiger partial charge in [0.05, 0.1) is 24.1 Å². The summed E-state index contributed by atoms with van der Waals surface area (Å²) in [6.45, 7) is -0.248. The molecule has 1 aromatic heterocycles. The van der Waals surface area contributed by atoms with Gasteiger partial charge < -0.3 is 9.47 Å². The molecule has 1 amide bonds. The molecule has 0 bridgehead atoms. The number of anilines is 1. The largest absolute Gasteiger partial charge is 0.465 e. The molecule has 3 rings (SSSR count). The molecule has 34 heavy (non-hydrogen) atoms. The van der Waals surface area contributed by atoms with Crippen LogP contribution in [-0.4, -0.2) is 29.1 Å². The number of aromatic nitrogens is 1. The molecule has 0 N–H and O–H groups in total. The molecule has 176 valence electrons. The van der Waals surface area contributed by atoms with E-state index in [4.69, 9.17) is 4.74 Å². The van der Waals surface area contributed by atoms with Crippen LogP contribution in [0.2, 0.25) is 0 Å². The first-order valence-corrected chi connectivity index (χ1v) is 9.54. The summed E-state index contributed by atoms with van der Waals surface area (Å²) in [5.41, 5.74) is -0.753. The summed E-state index contributed by atoms with van der Waals surface area (Å²) in [5.74, 6) is -0.979. The van der Waals surface area contributed by atoms with E-state index in [0.717, 1.165) is 29.2 Å². The summed E-state index contributed by atoms with van der Waals surface area (Å²) in [5, 5.41) is 10.8. The van der Waals surface area contributed by atoms with Crippen molar-refractivity contribution in [2.75, 3.05) is 12.0 Å². The number of alkyl halides is 3. The summed E-state index contributed by atoms with van der Waals surface area (Å²) in [4.78, 5) is 39.1. The standard InChI is InChI=1S/C22H16F3N3O6/c1-33-20(29)15-7-5-14(6-8-15)13-27(19-4-2-3-18(26-19)22(23,24)25)21(30)34-17-11-9-16(10-12-17)28(31)32/h2-12H,13H2,1H3. The van der Waals surface area contributed by atoms with Gasteiger partial charge in [-0.15, -0.1) is 0 Å². The van der Waals surface area contributed by atoms with Crippen LogP contribution in [0.15, 0.2) is 66.7 Å². The third-order valence-corrected chi connectivity index (χ3v) is 4.49. The second kappa shape index (κ2) is 9.98. The van der Waals surface area contributed by atoms with E-state index in [9.17, 15) is 32.9 Å². The van der Waals surface area contributed by atoms with Crippen molar-refractivity contribution in [3.05, 3.63) is 93.7 Å². The van der Waals surface area contributed by atoms with Gasteiger partial charge in [0.2, 0.25) is 0 Å². The highest BCUT2D eigenvalue weighted by Crippen LogP contribution is 2.29. The first-order valence-electron chi connectivity index (χ1n) is 9.54. The molecule has 12 heteroatoms. The maximum absolute atomic E-state index is 13.2. The molecule has 0 fully saturated rings. The lowest BCUT2D eigenvalue weighted by Gasteiger charge is -2.22. The van der Waals surface area contributed by atoms with Crippen molar-refractivity contribution in [1.82, 2.24) is 4.98 Å². The molecular weight excluding hydrogens is 459 g/mol. The van der Waals surface area contributed by atoms with E-state index in [1.807, 2.05) is 0 Å². The van der Waals surface area contributed by atoms with Crippen molar-refractivity contribution in [1.29, 1.82) is 0 Å². The second-order valence-corrected chi connectivity index (χ2v) is 6.77. The fourth-order valence-electron chi connectivity index (χ4n) is 2.81. The van der Waals surface area contributed by atoms with Gasteiger partial charge in [0.1, 0.15) is 17.3 Å². The zero-order chi connectivity index (χ0) is 24.9. The lowest BCUT2D eigenvalue weighted by Crippen LogP contribution is -2.34. The van der Waals surface area contributed by atoms with Gasteiger partial charge in [-0.2, -0.15) is 13.2 Å². The summed E-state index contributed by atoms with van der Waals surface area (Å²) in [7, 11) is 1.21. The molecule has 0 spiro atoms. The van der Waals surface area contributed by atoms with Gasteiger partial charge in [0.15, 0.2) is 0 Å². The summed E-state index contributed by atoms with van der Waals surface area (Å²) in [6.07, 6.45) is -5.82. The molecule has 0 saturated carbocycles. The number of nitrogens with zero attached hydrogens (tertiary/aromatic N) is 3. The van der Waals surface area contributed by atoms with Crippen LogP contribution >= 0.6 is 0 Å². The van der Waals surface area contributed by atoms with Gasteiger partial charge in [-0.1, -0.05) is 18.2 Å². The molecule has 9 nitrogen and oxygen atoms in total. The average Bonchev–Trinajstić information content (AvgIpc) is 2.82. The first kappa shape index (κ1) is 24.2. The number of ether oxygens (including phenoxy) is 2. The van der Waals surface area contributed by atoms with Gasteiger partial charge in [-0.3, -0.25) is 15.0 Å². The fourth-order valence-corrected chi connectivity index (χ4v) is 2.81. The number of esters is 1. The number of rotatable bonds is 6. The van der Waals surface area contributed by atoms with Crippen LogP contribution in [0.5, 0.6) is 5.75 Å². The average molecular weight is 475 g/mol. The number of nitro benzene ring substituents is 1. The van der Waals surface area contributed by atoms with Crippen molar-refractivity contribution in [3.63, 3.8) is 0 Å². The van der Waals surface area contributed by atoms with E-state index < -0.39 is 28.9 Å². The smallest absolute Gasteiger partial charge is 0.433 e. The van der Waals surface area contributed by atoms with Crippen LogP contribution in [-0.2, 0) is 17.5 Å². The molecule has 0 aliphatic carbocycles. The molecule has 0 unspecified atom stereocenters. The number of nitro groups is 1. The molecule has 0 saturated heterocycles. The van der Waals surface area contributed by atoms with Crippen molar-refractivity contribution in [2.24, 2.45) is 0 Å². The summed E-state index contributed by atoms with van der Waals surface area (Å²) in [6, 6.07) is 13.5. The van der Waals surface area contributed by atoms with Crippen LogP contribution in [0.1, 0.15) is 21.6 Å². The number of halogens is 3. The Morgan fingerprint density at radius 2 is 1.68 bits per heavy atom. The lowest BCUT2D eigenvalue weighted by molar-refractivity contribution is -0.384. The van der Waals surface area contributed by atoms with Crippen LogP contribution in [0.3, 0.4) is 0 Å². The quantitative estimate of drug-likeness (QED) is 0.280. The second-order valence-electron chi connectivity index (χ2n) is 6.77. The van der Waals surface area contributed by atoms with Crippen LogP contribution < -0.4 is 9.64 Å². The predicted octanol–water partition coefficient (Wildman–Crippen LogP) is 5.00. The Labute approximate surface area is 190 Å². The van der Waals surface area contributed by atoms with Crippen molar-refractivity contribution in [3.8, 4) is 5.75 Å². The molecule has 0 radical (unpaired) electrons. The molecular formula is C22H16F3N3O6. The van der Waals surface area contributed by atoms with E-state index in [2.05, 4.69) is 9.72 Å². The number of hydrogen-bond acceptors (Lipinski definition) is 7. The number of benzene rings is 2. The Morgan fingerprint density at radius 3 is 2.24 bits per heavy atom. The Hall–Kier alpha value is -4.48. The summed E-state index contributed by atoms with van der Waals surface area (Å²) >= 11 is 0. The third kappa shape index (κ3) is 5.85. The highest BCUT2D eigenvalue weighted by atomic mass is 19.4. The van der Waals surface area contributed by atoms with Gasteiger partial charge >= 0.3 is 18.2 Å². The van der Waals surface area contributed by atoms with Crippen LogP contribution in [0, 0.1) is 10.1 Å². The van der Waals surface area contributed by atoms with Crippen LogP contribution in [0.25, 0.3) is 0 Å². The monoisotopic (exact) mass is 475 g/mol. The number of carbonyl (C=O) groups excluding carboxylic acids is 2. The molecule has 0 aliphatic rings. The SMILES string of the molecule is COC(=O)c1ccc(CN(C(=O)Oc2ccc([N+](=O)[O-])cc2)c2cccc(C(F)(F)F)n2)cc1. The maximum atomic E-state index is 13.2. The number of carbonyl (C=O) groups is 2. The van der Waals surface area contributed by atoms with Gasteiger partial charge in [0, 0.05) is 12.1 Å². The van der Waals surface area contributed by atoms with Gasteiger partial charge in [-0.05, 0) is 42.0 Å². The minimum absolute atomic E-state index is 0.0615.